The summed E-state index contributed by atoms with van der Waals surface area (Å²) in [5.74, 6) is 0.330. The van der Waals surface area contributed by atoms with Crippen LogP contribution in [0.2, 0.25) is 0 Å². The summed E-state index contributed by atoms with van der Waals surface area (Å²) >= 11 is 2.12. The number of para-hydroxylation sites is 1. The van der Waals surface area contributed by atoms with Gasteiger partial charge in [0.15, 0.2) is 0 Å². The molecule has 1 N–H and O–H groups in total. The largest absolute Gasteiger partial charge is 0.395 e. The molecule has 1 aromatic heterocycles. The number of nitrogens with zero attached hydrogens (tertiary/aromatic N) is 3. The molecule has 0 bridgehead atoms. The molecule has 26 heavy (non-hydrogen) atoms. The Kier molecular flexibility index (Phi) is 5.43. The lowest BCUT2D eigenvalue weighted by molar-refractivity contribution is -0.385. The number of benzene rings is 2. The molecule has 1 heterocycles. The number of rotatable bonds is 5. The molecular weight excluding hydrogens is 449 g/mol. The first-order valence-corrected chi connectivity index (χ1v) is 8.81. The van der Waals surface area contributed by atoms with E-state index in [-0.39, 0.29) is 24.4 Å². The number of aliphatic hydroxyl groups is 1. The standard InChI is InChI=1S/C18H14IN3O4/c19-13-6-7-15-14(11-13)18(24)21(9-10-23)17(20-15)8-5-12-3-1-2-4-16(12)22(25)26/h1-8,11,23H,9-10H2. The molecule has 0 aliphatic rings. The van der Waals surface area contributed by atoms with E-state index in [0.717, 1.165) is 3.57 Å². The van der Waals surface area contributed by atoms with Crippen LogP contribution in [0.25, 0.3) is 23.1 Å². The molecule has 132 valence electrons. The predicted molar refractivity (Wildman–Crippen MR) is 108 cm³/mol. The maximum Gasteiger partial charge on any atom is 0.276 e. The molecule has 0 spiro atoms. The van der Waals surface area contributed by atoms with Crippen LogP contribution in [0.4, 0.5) is 5.69 Å². The maximum absolute atomic E-state index is 12.7. The highest BCUT2D eigenvalue weighted by Crippen LogP contribution is 2.20. The quantitative estimate of drug-likeness (QED) is 0.356. The Hall–Kier alpha value is -2.59. The van der Waals surface area contributed by atoms with Crippen molar-refractivity contribution in [2.24, 2.45) is 0 Å². The van der Waals surface area contributed by atoms with Crippen LogP contribution in [-0.2, 0) is 6.54 Å². The van der Waals surface area contributed by atoms with E-state index >= 15 is 0 Å². The van der Waals surface area contributed by atoms with Crippen LogP contribution in [0.1, 0.15) is 11.4 Å². The second-order valence-electron chi connectivity index (χ2n) is 5.46. The first kappa shape index (κ1) is 18.2. The van der Waals surface area contributed by atoms with Gasteiger partial charge in [-0.05, 0) is 59.0 Å². The molecule has 0 amide bonds. The summed E-state index contributed by atoms with van der Waals surface area (Å²) in [6, 6.07) is 11.7. The average Bonchev–Trinajstić information content (AvgIpc) is 2.63. The van der Waals surface area contributed by atoms with Gasteiger partial charge in [-0.15, -0.1) is 0 Å². The van der Waals surface area contributed by atoms with Crippen LogP contribution in [-0.4, -0.2) is 26.2 Å². The van der Waals surface area contributed by atoms with Gasteiger partial charge in [0.25, 0.3) is 11.2 Å². The Morgan fingerprint density at radius 1 is 1.23 bits per heavy atom. The highest BCUT2D eigenvalue weighted by Gasteiger charge is 2.12. The number of hydrogen-bond donors (Lipinski definition) is 1. The molecule has 2 aromatic carbocycles. The molecule has 0 saturated carbocycles. The third-order valence-corrected chi connectivity index (χ3v) is 4.49. The fraction of sp³-hybridized carbons (Fsp3) is 0.111. The van der Waals surface area contributed by atoms with Crippen molar-refractivity contribution in [3.05, 3.63) is 77.9 Å². The molecule has 0 radical (unpaired) electrons. The molecule has 7 nitrogen and oxygen atoms in total. The van der Waals surface area contributed by atoms with Crippen molar-refractivity contribution in [2.75, 3.05) is 6.61 Å². The van der Waals surface area contributed by atoms with Gasteiger partial charge in [0.2, 0.25) is 0 Å². The first-order chi connectivity index (χ1) is 12.5. The molecule has 0 aliphatic carbocycles. The van der Waals surface area contributed by atoms with Crippen LogP contribution in [0.5, 0.6) is 0 Å². The maximum atomic E-state index is 12.7. The van der Waals surface area contributed by atoms with E-state index in [1.165, 1.54) is 10.6 Å². The zero-order valence-corrected chi connectivity index (χ0v) is 15.7. The lowest BCUT2D eigenvalue weighted by Crippen LogP contribution is -2.25. The first-order valence-electron chi connectivity index (χ1n) is 7.73. The average molecular weight is 463 g/mol. The van der Waals surface area contributed by atoms with Crippen LogP contribution < -0.4 is 5.56 Å². The highest BCUT2D eigenvalue weighted by atomic mass is 127. The van der Waals surface area contributed by atoms with E-state index in [0.29, 0.717) is 22.3 Å². The molecular formula is C18H14IN3O4. The van der Waals surface area contributed by atoms with Gasteiger partial charge in [0.1, 0.15) is 5.82 Å². The number of nitro groups is 1. The predicted octanol–water partition coefficient (Wildman–Crippen LogP) is 3.07. The number of fused-ring (bicyclic) bond motifs is 1. The second-order valence-corrected chi connectivity index (χ2v) is 6.71. The van der Waals surface area contributed by atoms with Gasteiger partial charge in [0, 0.05) is 9.64 Å². The lowest BCUT2D eigenvalue weighted by atomic mass is 10.1. The summed E-state index contributed by atoms with van der Waals surface area (Å²) in [6.07, 6.45) is 3.10. The van der Waals surface area contributed by atoms with E-state index in [4.69, 9.17) is 0 Å². The minimum atomic E-state index is -0.462. The molecule has 3 aromatic rings. The molecule has 8 heteroatoms. The van der Waals surface area contributed by atoms with Gasteiger partial charge in [-0.3, -0.25) is 19.5 Å². The lowest BCUT2D eigenvalue weighted by Gasteiger charge is -2.10. The Morgan fingerprint density at radius 2 is 2.00 bits per heavy atom. The number of aliphatic hydroxyl groups excluding tert-OH is 1. The van der Waals surface area contributed by atoms with Crippen molar-refractivity contribution in [2.45, 2.75) is 6.54 Å². The van der Waals surface area contributed by atoms with Gasteiger partial charge in [0.05, 0.1) is 34.5 Å². The van der Waals surface area contributed by atoms with Gasteiger partial charge >= 0.3 is 0 Å². The molecule has 0 saturated heterocycles. The normalized spacial score (nSPS) is 11.3. The second kappa shape index (κ2) is 7.75. The van der Waals surface area contributed by atoms with Crippen LogP contribution in [0, 0.1) is 13.7 Å². The van der Waals surface area contributed by atoms with Crippen LogP contribution in [0.15, 0.2) is 47.3 Å². The smallest absolute Gasteiger partial charge is 0.276 e. The summed E-state index contributed by atoms with van der Waals surface area (Å²) < 4.78 is 2.27. The van der Waals surface area contributed by atoms with E-state index in [1.807, 2.05) is 6.07 Å². The minimum absolute atomic E-state index is 0.0323. The van der Waals surface area contributed by atoms with Crippen molar-refractivity contribution >= 4 is 51.3 Å². The third-order valence-electron chi connectivity index (χ3n) is 3.81. The van der Waals surface area contributed by atoms with Crippen molar-refractivity contribution in [3.8, 4) is 0 Å². The van der Waals surface area contributed by atoms with E-state index in [1.54, 1.807) is 42.5 Å². The fourth-order valence-electron chi connectivity index (χ4n) is 2.61. The van der Waals surface area contributed by atoms with Crippen LogP contribution in [0.3, 0.4) is 0 Å². The number of aromatic nitrogens is 2. The topological polar surface area (TPSA) is 98.3 Å². The number of halogens is 1. The van der Waals surface area contributed by atoms with Gasteiger partial charge in [-0.1, -0.05) is 12.1 Å². The van der Waals surface area contributed by atoms with Crippen molar-refractivity contribution in [1.29, 1.82) is 0 Å². The van der Waals surface area contributed by atoms with Crippen molar-refractivity contribution in [1.82, 2.24) is 9.55 Å². The zero-order valence-electron chi connectivity index (χ0n) is 13.5. The summed E-state index contributed by atoms with van der Waals surface area (Å²) in [4.78, 5) is 27.9. The highest BCUT2D eigenvalue weighted by molar-refractivity contribution is 14.1. The molecule has 0 fully saturated rings. The monoisotopic (exact) mass is 463 g/mol. The summed E-state index contributed by atoms with van der Waals surface area (Å²) in [6.45, 7) is -0.132. The Labute approximate surface area is 161 Å². The molecule has 0 atom stereocenters. The number of hydrogen-bond acceptors (Lipinski definition) is 5. The van der Waals surface area contributed by atoms with E-state index in [9.17, 15) is 20.0 Å². The fourth-order valence-corrected chi connectivity index (χ4v) is 3.10. The molecule has 0 aliphatic heterocycles. The molecule has 3 rings (SSSR count). The van der Waals surface area contributed by atoms with Crippen molar-refractivity contribution in [3.63, 3.8) is 0 Å². The number of nitro benzene ring substituents is 1. The zero-order chi connectivity index (χ0) is 18.7. The van der Waals surface area contributed by atoms with Gasteiger partial charge < -0.3 is 5.11 Å². The van der Waals surface area contributed by atoms with Crippen molar-refractivity contribution < 1.29 is 10.0 Å². The third kappa shape index (κ3) is 3.65. The molecule has 0 unspecified atom stereocenters. The minimum Gasteiger partial charge on any atom is -0.395 e. The Morgan fingerprint density at radius 3 is 2.73 bits per heavy atom. The van der Waals surface area contributed by atoms with Gasteiger partial charge in [-0.2, -0.15) is 0 Å². The Bertz CT molecular complexity index is 1080. The summed E-state index contributed by atoms with van der Waals surface area (Å²) in [7, 11) is 0. The summed E-state index contributed by atoms with van der Waals surface area (Å²) in [5.41, 5.74) is 0.650. The van der Waals surface area contributed by atoms with E-state index in [2.05, 4.69) is 27.6 Å². The van der Waals surface area contributed by atoms with Gasteiger partial charge in [-0.25, -0.2) is 4.98 Å². The SMILES string of the molecule is O=c1c2cc(I)ccc2nc(C=Cc2ccccc2[N+](=O)[O-])n1CCO. The summed E-state index contributed by atoms with van der Waals surface area (Å²) in [5, 5.41) is 20.9. The van der Waals surface area contributed by atoms with E-state index < -0.39 is 4.92 Å². The Balaban J connectivity index is 2.16. The van der Waals surface area contributed by atoms with Crippen LogP contribution >= 0.6 is 22.6 Å².